The molecular weight excluding hydrogens is 212 g/mol. The zero-order chi connectivity index (χ0) is 11.3. The Labute approximate surface area is 93.0 Å². The summed E-state index contributed by atoms with van der Waals surface area (Å²) in [5, 5.41) is 0. The lowest BCUT2D eigenvalue weighted by Crippen LogP contribution is -2.27. The van der Waals surface area contributed by atoms with Gasteiger partial charge in [-0.25, -0.2) is 0 Å². The van der Waals surface area contributed by atoms with Crippen LogP contribution in [0.2, 0.25) is 0 Å². The maximum absolute atomic E-state index is 11.7. The average Bonchev–Trinajstić information content (AvgIpc) is 2.19. The van der Waals surface area contributed by atoms with Gasteiger partial charge in [0.15, 0.2) is 5.75 Å². The van der Waals surface area contributed by atoms with Gasteiger partial charge in [0, 0.05) is 6.20 Å². The molecule has 0 aliphatic rings. The first kappa shape index (κ1) is 11.5. The number of nitrogens with two attached hydrogens (primary N) is 1. The van der Waals surface area contributed by atoms with Crippen LogP contribution in [0.3, 0.4) is 0 Å². The van der Waals surface area contributed by atoms with Crippen LogP contribution in [-0.2, 0) is 6.54 Å². The van der Waals surface area contributed by atoms with E-state index in [4.69, 9.17) is 22.7 Å². The van der Waals surface area contributed by atoms with E-state index in [2.05, 4.69) is 6.58 Å². The van der Waals surface area contributed by atoms with Crippen molar-refractivity contribution in [2.24, 2.45) is 5.73 Å². The van der Waals surface area contributed by atoms with Crippen molar-refractivity contribution in [3.05, 3.63) is 41.3 Å². The second-order valence-corrected chi connectivity index (χ2v) is 3.40. The van der Waals surface area contributed by atoms with Crippen LogP contribution < -0.4 is 16.0 Å². The third-order valence-electron chi connectivity index (χ3n) is 1.67. The highest BCUT2D eigenvalue weighted by molar-refractivity contribution is 7.80. The summed E-state index contributed by atoms with van der Waals surface area (Å²) in [5.74, 6) is 0.272. The molecule has 1 aromatic heterocycles. The average molecular weight is 224 g/mol. The molecule has 0 aliphatic heterocycles. The van der Waals surface area contributed by atoms with E-state index in [1.165, 1.54) is 4.57 Å². The topological polar surface area (TPSA) is 57.2 Å². The van der Waals surface area contributed by atoms with Gasteiger partial charge in [-0.15, -0.1) is 0 Å². The van der Waals surface area contributed by atoms with Crippen LogP contribution in [0.25, 0.3) is 0 Å². The molecule has 2 N–H and O–H groups in total. The summed E-state index contributed by atoms with van der Waals surface area (Å²) in [6, 6.07) is 3.31. The second kappa shape index (κ2) is 5.31. The van der Waals surface area contributed by atoms with Crippen LogP contribution in [0.1, 0.15) is 0 Å². The lowest BCUT2D eigenvalue weighted by molar-refractivity contribution is 0.355. The van der Waals surface area contributed by atoms with Crippen molar-refractivity contribution in [2.75, 3.05) is 6.61 Å². The zero-order valence-electron chi connectivity index (χ0n) is 8.18. The maximum atomic E-state index is 11.7. The number of pyridine rings is 1. The summed E-state index contributed by atoms with van der Waals surface area (Å²) in [7, 11) is 0. The van der Waals surface area contributed by atoms with Crippen molar-refractivity contribution >= 4 is 17.2 Å². The summed E-state index contributed by atoms with van der Waals surface area (Å²) in [4.78, 5) is 12.0. The van der Waals surface area contributed by atoms with E-state index < -0.39 is 0 Å². The number of ether oxygens (including phenoxy) is 1. The van der Waals surface area contributed by atoms with Crippen LogP contribution in [0.5, 0.6) is 5.75 Å². The van der Waals surface area contributed by atoms with Crippen molar-refractivity contribution in [2.45, 2.75) is 6.54 Å². The van der Waals surface area contributed by atoms with Gasteiger partial charge in [0.25, 0.3) is 5.56 Å². The van der Waals surface area contributed by atoms with Crippen molar-refractivity contribution < 1.29 is 4.74 Å². The molecule has 0 bridgehead atoms. The Morgan fingerprint density at radius 2 is 2.47 bits per heavy atom. The molecule has 5 heteroatoms. The minimum Gasteiger partial charge on any atom is -0.484 e. The first-order chi connectivity index (χ1) is 7.15. The Morgan fingerprint density at radius 3 is 3.07 bits per heavy atom. The number of thiocarbonyl (C=S) groups is 1. The van der Waals surface area contributed by atoms with E-state index in [0.29, 0.717) is 6.61 Å². The fourth-order valence-electron chi connectivity index (χ4n) is 1.07. The van der Waals surface area contributed by atoms with E-state index in [1.54, 1.807) is 24.4 Å². The summed E-state index contributed by atoms with van der Waals surface area (Å²) in [6.07, 6.45) is 3.19. The third-order valence-corrected chi connectivity index (χ3v) is 1.80. The predicted octanol–water partition coefficient (Wildman–Crippen LogP) is 0.699. The standard InChI is InChI=1S/C10H12N2O2S/c1-2-6-14-8-4-3-5-12(10(8)13)7-9(11)15/h2-5H,1,6-7H2,(H2,11,15). The molecule has 15 heavy (non-hydrogen) atoms. The van der Waals surface area contributed by atoms with E-state index in [9.17, 15) is 4.79 Å². The molecular formula is C10H12N2O2S. The smallest absolute Gasteiger partial charge is 0.293 e. The number of hydrogen-bond donors (Lipinski definition) is 1. The lowest BCUT2D eigenvalue weighted by Gasteiger charge is -2.07. The Bertz CT molecular complexity index is 426. The predicted molar refractivity (Wildman–Crippen MR) is 63.2 cm³/mol. The Kier molecular flexibility index (Phi) is 4.05. The van der Waals surface area contributed by atoms with Gasteiger partial charge in [0.2, 0.25) is 0 Å². The molecule has 0 aliphatic carbocycles. The van der Waals surface area contributed by atoms with E-state index in [1.807, 2.05) is 0 Å². The summed E-state index contributed by atoms with van der Waals surface area (Å²) in [5.41, 5.74) is 5.11. The molecule has 1 rings (SSSR count). The van der Waals surface area contributed by atoms with Gasteiger partial charge in [-0.3, -0.25) is 4.79 Å². The normalized spacial score (nSPS) is 9.60. The molecule has 0 radical (unpaired) electrons. The van der Waals surface area contributed by atoms with Crippen molar-refractivity contribution in [3.8, 4) is 5.75 Å². The number of hydrogen-bond acceptors (Lipinski definition) is 3. The zero-order valence-corrected chi connectivity index (χ0v) is 9.00. The Balaban J connectivity index is 2.95. The third kappa shape index (κ3) is 3.21. The highest BCUT2D eigenvalue weighted by Gasteiger charge is 2.03. The molecule has 0 saturated carbocycles. The second-order valence-electron chi connectivity index (χ2n) is 2.87. The van der Waals surface area contributed by atoms with E-state index in [-0.39, 0.29) is 22.8 Å². The lowest BCUT2D eigenvalue weighted by atomic mass is 10.4. The quantitative estimate of drug-likeness (QED) is 0.591. The Morgan fingerprint density at radius 1 is 1.73 bits per heavy atom. The molecule has 0 fully saturated rings. The van der Waals surface area contributed by atoms with Crippen LogP contribution in [0.15, 0.2) is 35.8 Å². The van der Waals surface area contributed by atoms with Crippen LogP contribution >= 0.6 is 12.2 Å². The fraction of sp³-hybridized carbons (Fsp3) is 0.200. The molecule has 0 amide bonds. The van der Waals surface area contributed by atoms with Gasteiger partial charge in [-0.05, 0) is 12.1 Å². The maximum Gasteiger partial charge on any atom is 0.293 e. The molecule has 1 aromatic rings. The molecule has 0 saturated heterocycles. The monoisotopic (exact) mass is 224 g/mol. The number of rotatable bonds is 5. The molecule has 4 nitrogen and oxygen atoms in total. The summed E-state index contributed by atoms with van der Waals surface area (Å²) in [6.45, 7) is 4.02. The van der Waals surface area contributed by atoms with Crippen LogP contribution in [0.4, 0.5) is 0 Å². The minimum absolute atomic E-state index is 0.222. The summed E-state index contributed by atoms with van der Waals surface area (Å²) < 4.78 is 6.58. The van der Waals surface area contributed by atoms with Gasteiger partial charge in [0.1, 0.15) is 6.61 Å². The van der Waals surface area contributed by atoms with Gasteiger partial charge < -0.3 is 15.0 Å². The van der Waals surface area contributed by atoms with Crippen molar-refractivity contribution in [3.63, 3.8) is 0 Å². The largest absolute Gasteiger partial charge is 0.484 e. The molecule has 0 aromatic carbocycles. The van der Waals surface area contributed by atoms with Crippen molar-refractivity contribution in [1.29, 1.82) is 0 Å². The molecule has 0 atom stereocenters. The van der Waals surface area contributed by atoms with Crippen LogP contribution in [0, 0.1) is 0 Å². The number of aromatic nitrogens is 1. The number of nitrogens with zero attached hydrogens (tertiary/aromatic N) is 1. The van der Waals surface area contributed by atoms with Gasteiger partial charge in [0.05, 0.1) is 11.5 Å². The Hall–Kier alpha value is -1.62. The highest BCUT2D eigenvalue weighted by Crippen LogP contribution is 2.01. The van der Waals surface area contributed by atoms with Crippen LogP contribution in [-0.4, -0.2) is 16.2 Å². The molecule has 0 unspecified atom stereocenters. The molecule has 80 valence electrons. The van der Waals surface area contributed by atoms with E-state index >= 15 is 0 Å². The minimum atomic E-state index is -0.243. The van der Waals surface area contributed by atoms with Gasteiger partial charge in [-0.2, -0.15) is 0 Å². The fourth-order valence-corrected chi connectivity index (χ4v) is 1.20. The SMILES string of the molecule is C=CCOc1cccn(CC(N)=S)c1=O. The first-order valence-electron chi connectivity index (χ1n) is 4.36. The summed E-state index contributed by atoms with van der Waals surface area (Å²) >= 11 is 4.73. The first-order valence-corrected chi connectivity index (χ1v) is 4.77. The van der Waals surface area contributed by atoms with Gasteiger partial charge in [-0.1, -0.05) is 24.9 Å². The van der Waals surface area contributed by atoms with Gasteiger partial charge >= 0.3 is 0 Å². The molecule has 0 spiro atoms. The van der Waals surface area contributed by atoms with Crippen molar-refractivity contribution in [1.82, 2.24) is 4.57 Å². The molecule has 1 heterocycles. The van der Waals surface area contributed by atoms with E-state index in [0.717, 1.165) is 0 Å². The highest BCUT2D eigenvalue weighted by atomic mass is 32.1.